The molecule has 1 amide bonds. The number of amides is 1. The number of nitrogens with zero attached hydrogens (tertiary/aromatic N) is 3. The molecule has 2 N–H and O–H groups in total. The number of ketones is 1. The van der Waals surface area contributed by atoms with E-state index in [4.69, 9.17) is 28.9 Å². The molecular weight excluding hydrogens is 824 g/mol. The highest BCUT2D eigenvalue weighted by Crippen LogP contribution is 2.74. The standard InChI is InChI=1S/C48H55BrN4O7/c1-26(2)12-11-19-46(8)20-18-30-39(58-46)29(16-15-27(3)4)41-35(40(30)57-25-49)37-36-38(53-33-14-10-9-13-32(33)51-44(53)52-37)31-24-34-45(6,7)60-47(42(31)55,48(34,36)59-41)21-17-28(5)43(56)50-22-23-54/h9-10,12-15,17-18,20,31,34,36,38,54H,11,16,19,21-25H2,1-8H3,(H,50,56). The van der Waals surface area contributed by atoms with E-state index in [9.17, 15) is 9.90 Å². The summed E-state index contributed by atoms with van der Waals surface area (Å²) in [4.78, 5) is 39.6. The normalized spacial score (nSPS) is 29.7. The zero-order valence-electron chi connectivity index (χ0n) is 35.8. The van der Waals surface area contributed by atoms with Crippen molar-refractivity contribution in [1.82, 2.24) is 14.9 Å². The lowest BCUT2D eigenvalue weighted by Crippen LogP contribution is -2.79. The van der Waals surface area contributed by atoms with Crippen LogP contribution in [0.25, 0.3) is 17.1 Å². The van der Waals surface area contributed by atoms with E-state index in [-0.39, 0.29) is 48.7 Å². The minimum atomic E-state index is -1.48. The quantitative estimate of drug-likeness (QED) is 0.105. The summed E-state index contributed by atoms with van der Waals surface area (Å²) in [5, 5.41) is 12.2. The van der Waals surface area contributed by atoms with E-state index in [0.717, 1.165) is 51.9 Å². The van der Waals surface area contributed by atoms with Crippen LogP contribution >= 0.6 is 15.9 Å². The average Bonchev–Trinajstić information content (AvgIpc) is 3.64. The fourth-order valence-corrected chi connectivity index (χ4v) is 11.5. The van der Waals surface area contributed by atoms with Crippen LogP contribution in [0, 0.1) is 17.8 Å². The maximum absolute atomic E-state index is 15.8. The van der Waals surface area contributed by atoms with Crippen molar-refractivity contribution in [2.24, 2.45) is 22.7 Å². The Hall–Kier alpha value is -4.52. The predicted molar refractivity (Wildman–Crippen MR) is 236 cm³/mol. The Kier molecular flexibility index (Phi) is 9.91. The van der Waals surface area contributed by atoms with Crippen molar-refractivity contribution in [2.45, 2.75) is 116 Å². The third-order valence-corrected chi connectivity index (χ3v) is 14.0. The number of nitrogens with one attached hydrogen (secondary N) is 1. The first kappa shape index (κ1) is 40.9. The number of Topliss-reactive ketones (excluding diaryl/α,β-unsaturated/α-hetero) is 1. The number of para-hydroxylation sites is 2. The van der Waals surface area contributed by atoms with Crippen molar-refractivity contribution in [1.29, 1.82) is 0 Å². The minimum Gasteiger partial charge on any atom is -0.482 e. The van der Waals surface area contributed by atoms with E-state index < -0.39 is 34.2 Å². The molecule has 316 valence electrons. The second-order valence-corrected chi connectivity index (χ2v) is 19.0. The van der Waals surface area contributed by atoms with Gasteiger partial charge in [-0.25, -0.2) is 9.98 Å². The van der Waals surface area contributed by atoms with Crippen LogP contribution in [0.5, 0.6) is 17.2 Å². The summed E-state index contributed by atoms with van der Waals surface area (Å²) < 4.78 is 31.2. The van der Waals surface area contributed by atoms with Gasteiger partial charge in [0.05, 0.1) is 52.0 Å². The summed E-state index contributed by atoms with van der Waals surface area (Å²) >= 11 is 3.60. The van der Waals surface area contributed by atoms with Crippen LogP contribution in [0.15, 0.2) is 70.3 Å². The van der Waals surface area contributed by atoms with Gasteiger partial charge in [0.2, 0.25) is 11.9 Å². The molecule has 7 unspecified atom stereocenters. The molecule has 3 aliphatic carbocycles. The Balaban J connectivity index is 1.35. The largest absolute Gasteiger partial charge is 0.482 e. The molecule has 3 aromatic rings. The average molecular weight is 880 g/mol. The van der Waals surface area contributed by atoms with Gasteiger partial charge in [-0.2, -0.15) is 0 Å². The highest BCUT2D eigenvalue weighted by atomic mass is 79.9. The summed E-state index contributed by atoms with van der Waals surface area (Å²) in [6, 6.07) is 7.64. The topological polar surface area (TPSA) is 134 Å². The molecule has 10 rings (SSSR count). The number of allylic oxidation sites excluding steroid dienone is 4. The first-order chi connectivity index (χ1) is 28.6. The molecule has 1 saturated heterocycles. The van der Waals surface area contributed by atoms with Crippen LogP contribution < -0.4 is 19.5 Å². The Morgan fingerprint density at radius 2 is 1.83 bits per heavy atom. The Morgan fingerprint density at radius 1 is 1.07 bits per heavy atom. The van der Waals surface area contributed by atoms with E-state index in [2.05, 4.69) is 105 Å². The first-order valence-corrected chi connectivity index (χ1v) is 22.4. The Labute approximate surface area is 360 Å². The van der Waals surface area contributed by atoms with Crippen molar-refractivity contribution in [3.63, 3.8) is 0 Å². The fraction of sp³-hybridized carbons (Fsp3) is 0.500. The number of imidazole rings is 1. The number of carbonyl (C=O) groups excluding carboxylic acids is 2. The zero-order chi connectivity index (χ0) is 42.5. The second kappa shape index (κ2) is 14.6. The number of alkyl halides is 1. The van der Waals surface area contributed by atoms with Gasteiger partial charge in [-0.3, -0.25) is 9.59 Å². The molecule has 4 fully saturated rings. The highest BCUT2D eigenvalue weighted by molar-refractivity contribution is 9.09. The molecule has 5 heterocycles. The molecule has 4 bridgehead atoms. The van der Waals surface area contributed by atoms with Crippen LogP contribution in [0.1, 0.15) is 104 Å². The lowest BCUT2D eigenvalue weighted by Gasteiger charge is -2.64. The molecule has 0 radical (unpaired) electrons. The van der Waals surface area contributed by atoms with Crippen LogP contribution in [0.3, 0.4) is 0 Å². The number of aliphatic hydroxyl groups is 1. The SMILES string of the molecule is CC(C)=CCCC1(C)C=Cc2c(c(CC=C(C)C)c3c(c2OCBr)C2=Nc4nc5ccccc5n4C4C5CC6C(C)(C)OC(CC=C(C)C(=O)NCCO)(C5=O)C6(O3)C24)O1. The number of hydrogen-bond acceptors (Lipinski definition) is 9. The number of aliphatic imine (C=N–C) groups is 1. The molecule has 3 saturated carbocycles. The maximum atomic E-state index is 15.8. The molecule has 12 heteroatoms. The fourth-order valence-electron chi connectivity index (χ4n) is 11.3. The van der Waals surface area contributed by atoms with Gasteiger partial charge in [-0.05, 0) is 121 Å². The monoisotopic (exact) mass is 878 g/mol. The summed E-state index contributed by atoms with van der Waals surface area (Å²) in [6.45, 7) is 16.3. The van der Waals surface area contributed by atoms with Gasteiger partial charge in [-0.1, -0.05) is 41.5 Å². The van der Waals surface area contributed by atoms with Crippen molar-refractivity contribution >= 4 is 56.4 Å². The summed E-state index contributed by atoms with van der Waals surface area (Å²) in [6.07, 6.45) is 13.3. The highest BCUT2D eigenvalue weighted by Gasteiger charge is 2.85. The second-order valence-electron chi connectivity index (χ2n) is 18.6. The summed E-state index contributed by atoms with van der Waals surface area (Å²) in [5.41, 5.74) is 3.81. The molecule has 7 atom stereocenters. The van der Waals surface area contributed by atoms with Gasteiger partial charge in [0.25, 0.3) is 0 Å². The van der Waals surface area contributed by atoms with Crippen LogP contribution in [0.4, 0.5) is 5.95 Å². The first-order valence-electron chi connectivity index (χ1n) is 21.2. The zero-order valence-corrected chi connectivity index (χ0v) is 37.4. The van der Waals surface area contributed by atoms with Gasteiger partial charge >= 0.3 is 0 Å². The maximum Gasteiger partial charge on any atom is 0.246 e. The van der Waals surface area contributed by atoms with E-state index >= 15 is 4.79 Å². The van der Waals surface area contributed by atoms with Gasteiger partial charge < -0.3 is 33.9 Å². The lowest BCUT2D eigenvalue weighted by atomic mass is 9.44. The number of halogens is 1. The number of hydrogen-bond donors (Lipinski definition) is 2. The molecule has 4 aliphatic heterocycles. The van der Waals surface area contributed by atoms with Gasteiger partial charge in [-0.15, -0.1) is 0 Å². The van der Waals surface area contributed by atoms with Crippen molar-refractivity contribution in [2.75, 3.05) is 18.7 Å². The van der Waals surface area contributed by atoms with Gasteiger partial charge in [0, 0.05) is 35.9 Å². The predicted octanol–water partition coefficient (Wildman–Crippen LogP) is 8.82. The number of fused-ring (bicyclic) bond motifs is 6. The Bertz CT molecular complexity index is 2490. The van der Waals surface area contributed by atoms with E-state index in [1.807, 2.05) is 24.3 Å². The molecule has 2 aromatic carbocycles. The molecule has 1 spiro atoms. The molecular formula is C48H55BrN4O7. The van der Waals surface area contributed by atoms with Crippen LogP contribution in [0.2, 0.25) is 0 Å². The van der Waals surface area contributed by atoms with Crippen LogP contribution in [-0.4, -0.2) is 73.1 Å². The Morgan fingerprint density at radius 3 is 2.57 bits per heavy atom. The van der Waals surface area contributed by atoms with E-state index in [1.54, 1.807) is 6.92 Å². The minimum absolute atomic E-state index is 0.0365. The lowest BCUT2D eigenvalue weighted by molar-refractivity contribution is -0.206. The molecule has 1 aromatic heterocycles. The summed E-state index contributed by atoms with van der Waals surface area (Å²) in [5.74, 6) is 0.914. The number of carbonyl (C=O) groups is 2. The molecule has 60 heavy (non-hydrogen) atoms. The smallest absolute Gasteiger partial charge is 0.246 e. The number of rotatable bonds is 12. The van der Waals surface area contributed by atoms with Crippen molar-refractivity contribution < 1.29 is 33.6 Å². The van der Waals surface area contributed by atoms with Gasteiger partial charge in [0.1, 0.15) is 28.4 Å². The summed E-state index contributed by atoms with van der Waals surface area (Å²) in [7, 11) is 0. The van der Waals surface area contributed by atoms with Gasteiger partial charge in [0.15, 0.2) is 17.0 Å². The van der Waals surface area contributed by atoms with Crippen molar-refractivity contribution in [3.8, 4) is 17.2 Å². The van der Waals surface area contributed by atoms with E-state index in [1.165, 1.54) is 5.57 Å². The third kappa shape index (κ3) is 5.86. The van der Waals surface area contributed by atoms with Crippen molar-refractivity contribution in [3.05, 3.63) is 82.0 Å². The number of benzene rings is 2. The molecule has 7 aliphatic rings. The third-order valence-electron chi connectivity index (χ3n) is 13.8. The molecule has 11 nitrogen and oxygen atoms in total. The number of aromatic nitrogens is 2. The van der Waals surface area contributed by atoms with E-state index in [0.29, 0.717) is 41.6 Å². The van der Waals surface area contributed by atoms with Crippen LogP contribution in [-0.2, 0) is 20.7 Å². The number of ether oxygens (including phenoxy) is 4. The number of aliphatic hydroxyl groups excluding tert-OH is 1.